The molecule has 0 spiro atoms. The van der Waals surface area contributed by atoms with E-state index in [0.29, 0.717) is 17.2 Å². The van der Waals surface area contributed by atoms with Crippen molar-refractivity contribution in [1.29, 1.82) is 5.26 Å². The fourth-order valence-corrected chi connectivity index (χ4v) is 2.03. The number of nitrogens with one attached hydrogen (secondary N) is 1. The van der Waals surface area contributed by atoms with Crippen molar-refractivity contribution in [3.8, 4) is 17.6 Å². The van der Waals surface area contributed by atoms with Crippen LogP contribution in [0.15, 0.2) is 42.5 Å². The fourth-order valence-electron chi connectivity index (χ4n) is 2.03. The Labute approximate surface area is 115 Å². The second-order valence-corrected chi connectivity index (χ2v) is 4.33. The van der Waals surface area contributed by atoms with E-state index in [0.717, 1.165) is 5.56 Å². The van der Waals surface area contributed by atoms with Gasteiger partial charge in [-0.3, -0.25) is 0 Å². The first-order valence-electron chi connectivity index (χ1n) is 6.07. The molecule has 0 amide bonds. The van der Waals surface area contributed by atoms with Crippen molar-refractivity contribution in [2.75, 3.05) is 12.1 Å². The zero-order valence-corrected chi connectivity index (χ0v) is 10.5. The molecule has 2 aromatic carbocycles. The highest BCUT2D eigenvalue weighted by Crippen LogP contribution is 2.34. The molecule has 0 aromatic heterocycles. The third kappa shape index (κ3) is 2.36. The average molecular weight is 270 g/mol. The summed E-state index contributed by atoms with van der Waals surface area (Å²) in [6.45, 7) is 0.188. The molecule has 1 heterocycles. The molecule has 0 bridgehead atoms. The summed E-state index contributed by atoms with van der Waals surface area (Å²) in [5, 5.41) is 12.3. The number of rotatable bonds is 3. The maximum absolute atomic E-state index is 13.1. The zero-order valence-electron chi connectivity index (χ0n) is 10.5. The SMILES string of the molecule is N#CC(Nc1cccc(F)c1)c1ccc2c(c1)OCO2. The largest absolute Gasteiger partial charge is 0.454 e. The molecule has 1 unspecified atom stereocenters. The number of hydrogen-bond donors (Lipinski definition) is 1. The molecule has 0 fully saturated rings. The molecule has 1 N–H and O–H groups in total. The third-order valence-electron chi connectivity index (χ3n) is 2.99. The number of fused-ring (bicyclic) bond motifs is 1. The van der Waals surface area contributed by atoms with Gasteiger partial charge in [-0.1, -0.05) is 12.1 Å². The highest BCUT2D eigenvalue weighted by Gasteiger charge is 2.17. The van der Waals surface area contributed by atoms with Crippen molar-refractivity contribution >= 4 is 5.69 Å². The topological polar surface area (TPSA) is 54.3 Å². The minimum atomic E-state index is -0.591. The van der Waals surface area contributed by atoms with E-state index in [2.05, 4.69) is 11.4 Å². The summed E-state index contributed by atoms with van der Waals surface area (Å²) in [5.41, 5.74) is 1.29. The second kappa shape index (κ2) is 5.10. The minimum absolute atomic E-state index is 0.188. The second-order valence-electron chi connectivity index (χ2n) is 4.33. The van der Waals surface area contributed by atoms with Crippen LogP contribution in [0.3, 0.4) is 0 Å². The van der Waals surface area contributed by atoms with Gasteiger partial charge < -0.3 is 14.8 Å². The number of anilines is 1. The van der Waals surface area contributed by atoms with Crippen LogP contribution in [0.4, 0.5) is 10.1 Å². The van der Waals surface area contributed by atoms with Crippen molar-refractivity contribution in [3.63, 3.8) is 0 Å². The molecule has 2 aromatic rings. The summed E-state index contributed by atoms with van der Waals surface area (Å²) in [6.07, 6.45) is 0. The minimum Gasteiger partial charge on any atom is -0.454 e. The molecule has 100 valence electrons. The van der Waals surface area contributed by atoms with Gasteiger partial charge in [0, 0.05) is 5.69 Å². The quantitative estimate of drug-likeness (QED) is 0.930. The Morgan fingerprint density at radius 3 is 2.80 bits per heavy atom. The molecule has 0 radical (unpaired) electrons. The van der Waals surface area contributed by atoms with Crippen LogP contribution in [0.2, 0.25) is 0 Å². The van der Waals surface area contributed by atoms with Gasteiger partial charge in [0.2, 0.25) is 6.79 Å². The average Bonchev–Trinajstić information content (AvgIpc) is 2.92. The van der Waals surface area contributed by atoms with E-state index >= 15 is 0 Å². The van der Waals surface area contributed by atoms with E-state index in [1.807, 2.05) is 0 Å². The van der Waals surface area contributed by atoms with Crippen molar-refractivity contribution in [2.24, 2.45) is 0 Å². The van der Waals surface area contributed by atoms with Gasteiger partial charge in [-0.2, -0.15) is 5.26 Å². The summed E-state index contributed by atoms with van der Waals surface area (Å²) in [6, 6.07) is 12.8. The lowest BCUT2D eigenvalue weighted by molar-refractivity contribution is 0.174. The van der Waals surface area contributed by atoms with Crippen LogP contribution in [-0.2, 0) is 0 Å². The highest BCUT2D eigenvalue weighted by molar-refractivity contribution is 5.51. The molecule has 3 rings (SSSR count). The summed E-state index contributed by atoms with van der Waals surface area (Å²) in [5.74, 6) is 0.928. The predicted molar refractivity (Wildman–Crippen MR) is 70.9 cm³/mol. The Balaban J connectivity index is 1.85. The van der Waals surface area contributed by atoms with Gasteiger partial charge in [0.1, 0.15) is 11.9 Å². The van der Waals surface area contributed by atoms with Crippen molar-refractivity contribution < 1.29 is 13.9 Å². The van der Waals surface area contributed by atoms with Crippen LogP contribution >= 0.6 is 0 Å². The highest BCUT2D eigenvalue weighted by atomic mass is 19.1. The normalized spacial score (nSPS) is 13.6. The number of benzene rings is 2. The van der Waals surface area contributed by atoms with Crippen LogP contribution in [-0.4, -0.2) is 6.79 Å². The van der Waals surface area contributed by atoms with E-state index in [4.69, 9.17) is 9.47 Å². The van der Waals surface area contributed by atoms with Gasteiger partial charge in [0.05, 0.1) is 6.07 Å². The lowest BCUT2D eigenvalue weighted by atomic mass is 10.1. The molecule has 0 aliphatic carbocycles. The van der Waals surface area contributed by atoms with Crippen LogP contribution in [0, 0.1) is 17.1 Å². The Morgan fingerprint density at radius 1 is 1.15 bits per heavy atom. The summed E-state index contributed by atoms with van der Waals surface area (Å²) in [4.78, 5) is 0. The standard InChI is InChI=1S/C15H11FN2O2/c16-11-2-1-3-12(7-11)18-13(8-17)10-4-5-14-15(6-10)20-9-19-14/h1-7,13,18H,9H2. The van der Waals surface area contributed by atoms with Gasteiger partial charge in [0.15, 0.2) is 11.5 Å². The smallest absolute Gasteiger partial charge is 0.231 e. The molecule has 1 aliphatic heterocycles. The van der Waals surface area contributed by atoms with E-state index in [9.17, 15) is 9.65 Å². The van der Waals surface area contributed by atoms with Gasteiger partial charge in [0.25, 0.3) is 0 Å². The van der Waals surface area contributed by atoms with Crippen molar-refractivity contribution in [1.82, 2.24) is 0 Å². The Bertz CT molecular complexity index is 682. The number of hydrogen-bond acceptors (Lipinski definition) is 4. The maximum Gasteiger partial charge on any atom is 0.231 e. The molecular weight excluding hydrogens is 259 g/mol. The summed E-state index contributed by atoms with van der Waals surface area (Å²) < 4.78 is 23.7. The van der Waals surface area contributed by atoms with Crippen molar-refractivity contribution in [2.45, 2.75) is 6.04 Å². The molecule has 0 saturated carbocycles. The molecular formula is C15H11FN2O2. The zero-order chi connectivity index (χ0) is 13.9. The molecule has 1 atom stereocenters. The molecule has 5 heteroatoms. The maximum atomic E-state index is 13.1. The number of nitriles is 1. The number of ether oxygens (including phenoxy) is 2. The lowest BCUT2D eigenvalue weighted by Gasteiger charge is -2.13. The van der Waals surface area contributed by atoms with Gasteiger partial charge >= 0.3 is 0 Å². The monoisotopic (exact) mass is 270 g/mol. The van der Waals surface area contributed by atoms with Crippen LogP contribution in [0.25, 0.3) is 0 Å². The Morgan fingerprint density at radius 2 is 2.00 bits per heavy atom. The van der Waals surface area contributed by atoms with Crippen LogP contribution < -0.4 is 14.8 Å². The predicted octanol–water partition coefficient (Wildman–Crippen LogP) is 3.23. The molecule has 4 nitrogen and oxygen atoms in total. The lowest BCUT2D eigenvalue weighted by Crippen LogP contribution is -2.08. The van der Waals surface area contributed by atoms with Gasteiger partial charge in [-0.05, 0) is 35.9 Å². The van der Waals surface area contributed by atoms with E-state index in [1.165, 1.54) is 12.1 Å². The third-order valence-corrected chi connectivity index (χ3v) is 2.99. The fraction of sp³-hybridized carbons (Fsp3) is 0.133. The first-order chi connectivity index (χ1) is 9.76. The van der Waals surface area contributed by atoms with Crippen molar-refractivity contribution in [3.05, 3.63) is 53.8 Å². The van der Waals surface area contributed by atoms with E-state index < -0.39 is 6.04 Å². The van der Waals surface area contributed by atoms with Crippen LogP contribution in [0.1, 0.15) is 11.6 Å². The number of nitrogens with zero attached hydrogens (tertiary/aromatic N) is 1. The first-order valence-corrected chi connectivity index (χ1v) is 6.07. The number of halogens is 1. The van der Waals surface area contributed by atoms with E-state index in [1.54, 1.807) is 30.3 Å². The van der Waals surface area contributed by atoms with E-state index in [-0.39, 0.29) is 12.6 Å². The first kappa shape index (κ1) is 12.3. The molecule has 20 heavy (non-hydrogen) atoms. The summed E-state index contributed by atoms with van der Waals surface area (Å²) >= 11 is 0. The summed E-state index contributed by atoms with van der Waals surface area (Å²) in [7, 11) is 0. The molecule has 0 saturated heterocycles. The van der Waals surface area contributed by atoms with Gasteiger partial charge in [-0.25, -0.2) is 4.39 Å². The van der Waals surface area contributed by atoms with Crippen LogP contribution in [0.5, 0.6) is 11.5 Å². The Hall–Kier alpha value is -2.74. The molecule has 1 aliphatic rings. The Kier molecular flexibility index (Phi) is 3.13. The van der Waals surface area contributed by atoms with Gasteiger partial charge in [-0.15, -0.1) is 0 Å².